The number of carboxylic acids is 1. The summed E-state index contributed by atoms with van der Waals surface area (Å²) >= 11 is 1.47. The first kappa shape index (κ1) is 18.3. The van der Waals surface area contributed by atoms with Crippen LogP contribution in [0, 0.1) is 0 Å². The lowest BCUT2D eigenvalue weighted by molar-refractivity contribution is -0.138. The summed E-state index contributed by atoms with van der Waals surface area (Å²) in [7, 11) is 1.85. The summed E-state index contributed by atoms with van der Waals surface area (Å²) in [5.41, 5.74) is 0.447. The van der Waals surface area contributed by atoms with Crippen LogP contribution in [0.15, 0.2) is 12.4 Å². The van der Waals surface area contributed by atoms with E-state index in [9.17, 15) is 9.59 Å². The van der Waals surface area contributed by atoms with Gasteiger partial charge in [-0.1, -0.05) is 0 Å². The van der Waals surface area contributed by atoms with Crippen molar-refractivity contribution < 1.29 is 19.4 Å². The summed E-state index contributed by atoms with van der Waals surface area (Å²) in [6.45, 7) is 5.18. The van der Waals surface area contributed by atoms with Crippen LogP contribution in [-0.2, 0) is 23.0 Å². The predicted molar refractivity (Wildman–Crippen MR) is 85.0 cm³/mol. The maximum atomic E-state index is 11.6. The maximum absolute atomic E-state index is 11.6. The number of amides is 1. The number of nitrogens with one attached hydrogen (secondary N) is 1. The third kappa shape index (κ3) is 7.35. The number of carboxylic acid groups (broad SMARTS) is 1. The second kappa shape index (κ2) is 8.07. The molecule has 7 nitrogen and oxygen atoms in total. The summed E-state index contributed by atoms with van der Waals surface area (Å²) in [4.78, 5) is 22.8. The topological polar surface area (TPSA) is 93.5 Å². The fraction of sp³-hybridized carbons (Fsp3) is 0.643. The van der Waals surface area contributed by atoms with E-state index >= 15 is 0 Å². The van der Waals surface area contributed by atoms with Crippen molar-refractivity contribution in [3.05, 3.63) is 18.0 Å². The summed E-state index contributed by atoms with van der Waals surface area (Å²) in [6.07, 6.45) is 3.80. The third-order valence-electron chi connectivity index (χ3n) is 2.57. The first-order valence-corrected chi connectivity index (χ1v) is 8.10. The van der Waals surface area contributed by atoms with Gasteiger partial charge in [-0.25, -0.2) is 9.59 Å². The van der Waals surface area contributed by atoms with Crippen molar-refractivity contribution in [1.82, 2.24) is 15.1 Å². The lowest BCUT2D eigenvalue weighted by atomic mass is 10.2. The van der Waals surface area contributed by atoms with Gasteiger partial charge in [0.15, 0.2) is 0 Å². The molecule has 0 saturated heterocycles. The Bertz CT molecular complexity index is 510. The van der Waals surface area contributed by atoms with E-state index in [4.69, 9.17) is 9.84 Å². The van der Waals surface area contributed by atoms with Crippen LogP contribution in [0.5, 0.6) is 0 Å². The molecule has 1 atom stereocenters. The number of ether oxygens (including phenoxy) is 1. The molecule has 22 heavy (non-hydrogen) atoms. The van der Waals surface area contributed by atoms with Crippen molar-refractivity contribution >= 4 is 23.8 Å². The predicted octanol–water partition coefficient (Wildman–Crippen LogP) is 1.67. The Hall–Kier alpha value is -1.70. The Balaban J connectivity index is 2.35. The van der Waals surface area contributed by atoms with E-state index in [1.54, 1.807) is 31.6 Å². The van der Waals surface area contributed by atoms with Gasteiger partial charge in [-0.2, -0.15) is 16.9 Å². The molecular weight excluding hydrogens is 306 g/mol. The van der Waals surface area contributed by atoms with Gasteiger partial charge in [0, 0.05) is 19.0 Å². The van der Waals surface area contributed by atoms with Gasteiger partial charge in [0.25, 0.3) is 0 Å². The Morgan fingerprint density at radius 2 is 2.18 bits per heavy atom. The number of aromatic nitrogens is 2. The number of carbonyl (C=O) groups excluding carboxylic acids is 1. The lowest BCUT2D eigenvalue weighted by Gasteiger charge is -2.21. The Kier molecular flexibility index (Phi) is 6.73. The highest BCUT2D eigenvalue weighted by molar-refractivity contribution is 7.99. The molecule has 0 aliphatic rings. The van der Waals surface area contributed by atoms with E-state index in [0.29, 0.717) is 0 Å². The molecule has 1 aromatic rings. The number of aliphatic carboxylic acids is 1. The first-order chi connectivity index (χ1) is 10.2. The molecule has 1 rings (SSSR count). The summed E-state index contributed by atoms with van der Waals surface area (Å²) in [5.74, 6) is -0.0277. The van der Waals surface area contributed by atoms with Crippen LogP contribution < -0.4 is 5.32 Å². The molecule has 0 fully saturated rings. The molecule has 0 radical (unpaired) electrons. The molecule has 1 amide bonds. The second-order valence-corrected chi connectivity index (χ2v) is 7.03. The van der Waals surface area contributed by atoms with Gasteiger partial charge in [0.2, 0.25) is 0 Å². The van der Waals surface area contributed by atoms with Crippen molar-refractivity contribution in [2.75, 3.05) is 11.5 Å². The van der Waals surface area contributed by atoms with Crippen molar-refractivity contribution in [1.29, 1.82) is 0 Å². The van der Waals surface area contributed by atoms with Crippen LogP contribution in [0.1, 0.15) is 26.3 Å². The van der Waals surface area contributed by atoms with E-state index in [0.717, 1.165) is 17.7 Å². The monoisotopic (exact) mass is 329 g/mol. The fourth-order valence-electron chi connectivity index (χ4n) is 1.62. The van der Waals surface area contributed by atoms with E-state index in [1.807, 2.05) is 13.2 Å². The molecule has 1 unspecified atom stereocenters. The number of hydrogen-bond donors (Lipinski definition) is 2. The summed E-state index contributed by atoms with van der Waals surface area (Å²) < 4.78 is 6.79. The van der Waals surface area contributed by atoms with Gasteiger partial charge in [-0.3, -0.25) is 4.68 Å². The number of carbonyl (C=O) groups is 2. The number of thioether (sulfide) groups is 1. The van der Waals surface area contributed by atoms with Crippen LogP contribution in [0.25, 0.3) is 0 Å². The molecule has 0 spiro atoms. The van der Waals surface area contributed by atoms with Crippen LogP contribution in [0.3, 0.4) is 0 Å². The summed E-state index contributed by atoms with van der Waals surface area (Å²) in [6, 6.07) is -0.964. The minimum Gasteiger partial charge on any atom is -0.480 e. The quantitative estimate of drug-likeness (QED) is 0.739. The molecule has 0 saturated carbocycles. The number of nitrogens with zero attached hydrogens (tertiary/aromatic N) is 2. The first-order valence-electron chi connectivity index (χ1n) is 6.95. The second-order valence-electron chi connectivity index (χ2n) is 5.88. The van der Waals surface area contributed by atoms with Gasteiger partial charge in [0.05, 0.1) is 6.20 Å². The number of hydrogen-bond acceptors (Lipinski definition) is 5. The van der Waals surface area contributed by atoms with Crippen molar-refractivity contribution in [2.45, 2.75) is 38.8 Å². The van der Waals surface area contributed by atoms with E-state index < -0.39 is 23.7 Å². The van der Waals surface area contributed by atoms with Crippen LogP contribution in [0.2, 0.25) is 0 Å². The number of alkyl carbamates (subject to hydrolysis) is 1. The largest absolute Gasteiger partial charge is 0.480 e. The van der Waals surface area contributed by atoms with Crippen LogP contribution in [-0.4, -0.2) is 50.1 Å². The smallest absolute Gasteiger partial charge is 0.408 e. The highest BCUT2D eigenvalue weighted by atomic mass is 32.2. The lowest BCUT2D eigenvalue weighted by Crippen LogP contribution is -2.45. The maximum Gasteiger partial charge on any atom is 0.408 e. The minimum absolute atomic E-state index is 0.287. The minimum atomic E-state index is -1.07. The molecule has 8 heteroatoms. The van der Waals surface area contributed by atoms with Gasteiger partial charge in [-0.15, -0.1) is 0 Å². The molecule has 0 aliphatic carbocycles. The summed E-state index contributed by atoms with van der Waals surface area (Å²) in [5, 5.41) is 15.6. The third-order valence-corrected chi connectivity index (χ3v) is 3.63. The van der Waals surface area contributed by atoms with Crippen molar-refractivity contribution in [2.24, 2.45) is 7.05 Å². The molecular formula is C14H23N3O4S. The van der Waals surface area contributed by atoms with E-state index in [2.05, 4.69) is 10.4 Å². The van der Waals surface area contributed by atoms with Crippen molar-refractivity contribution in [3.63, 3.8) is 0 Å². The zero-order valence-electron chi connectivity index (χ0n) is 13.3. The van der Waals surface area contributed by atoms with Crippen LogP contribution in [0.4, 0.5) is 4.79 Å². The van der Waals surface area contributed by atoms with Gasteiger partial charge in [-0.05, 0) is 38.5 Å². The van der Waals surface area contributed by atoms with Gasteiger partial charge in [0.1, 0.15) is 11.6 Å². The molecule has 0 aliphatic heterocycles. The highest BCUT2D eigenvalue weighted by Gasteiger charge is 2.23. The zero-order chi connectivity index (χ0) is 16.8. The van der Waals surface area contributed by atoms with Gasteiger partial charge >= 0.3 is 12.1 Å². The molecule has 124 valence electrons. The number of rotatable bonds is 7. The Morgan fingerprint density at radius 1 is 1.50 bits per heavy atom. The molecule has 1 heterocycles. The number of aryl methyl sites for hydroxylation is 2. The van der Waals surface area contributed by atoms with Gasteiger partial charge < -0.3 is 15.2 Å². The SMILES string of the molecule is Cn1cc(CCSCC(NC(=O)OC(C)(C)C)C(=O)O)cn1. The molecule has 0 aromatic carbocycles. The van der Waals surface area contributed by atoms with E-state index in [1.165, 1.54) is 11.8 Å². The van der Waals surface area contributed by atoms with Crippen molar-refractivity contribution in [3.8, 4) is 0 Å². The van der Waals surface area contributed by atoms with E-state index in [-0.39, 0.29) is 5.75 Å². The average Bonchev–Trinajstić information content (AvgIpc) is 2.76. The fourth-order valence-corrected chi connectivity index (χ4v) is 2.63. The molecule has 2 N–H and O–H groups in total. The Labute approximate surface area is 134 Å². The standard InChI is InChI=1S/C14H23N3O4S/c1-14(2,3)21-13(20)16-11(12(18)19)9-22-6-5-10-7-15-17(4)8-10/h7-8,11H,5-6,9H2,1-4H3,(H,16,20)(H,18,19). The van der Waals surface area contributed by atoms with Crippen LogP contribution >= 0.6 is 11.8 Å². The highest BCUT2D eigenvalue weighted by Crippen LogP contribution is 2.10. The normalized spacial score (nSPS) is 12.7. The zero-order valence-corrected chi connectivity index (χ0v) is 14.1. The average molecular weight is 329 g/mol. The molecule has 0 bridgehead atoms. The Morgan fingerprint density at radius 3 is 2.68 bits per heavy atom. The molecule has 1 aromatic heterocycles.